The molecule has 0 bridgehead atoms. The van der Waals surface area contributed by atoms with E-state index >= 15 is 0 Å². The van der Waals surface area contributed by atoms with E-state index in [1.165, 1.54) is 12.1 Å². The van der Waals surface area contributed by atoms with Crippen molar-refractivity contribution in [1.29, 1.82) is 5.26 Å². The summed E-state index contributed by atoms with van der Waals surface area (Å²) in [5, 5.41) is 8.81. The molecule has 1 heterocycles. The van der Waals surface area contributed by atoms with Crippen molar-refractivity contribution < 1.29 is 8.78 Å². The summed E-state index contributed by atoms with van der Waals surface area (Å²) in [6.45, 7) is 3.86. The van der Waals surface area contributed by atoms with E-state index in [4.69, 9.17) is 5.26 Å². The molecule has 0 aliphatic carbocycles. The molecule has 5 heteroatoms. The van der Waals surface area contributed by atoms with Gasteiger partial charge in [0, 0.05) is 38.8 Å². The van der Waals surface area contributed by atoms with E-state index in [9.17, 15) is 8.78 Å². The summed E-state index contributed by atoms with van der Waals surface area (Å²) in [7, 11) is 0. The number of halogens is 2. The van der Waals surface area contributed by atoms with Crippen LogP contribution in [0.1, 0.15) is 11.1 Å². The molecule has 0 radical (unpaired) electrons. The number of nitrogens with zero attached hydrogens (tertiary/aromatic N) is 3. The van der Waals surface area contributed by atoms with Gasteiger partial charge in [-0.25, -0.2) is 8.78 Å². The van der Waals surface area contributed by atoms with Crippen LogP contribution < -0.4 is 4.90 Å². The highest BCUT2D eigenvalue weighted by Gasteiger charge is 2.19. The van der Waals surface area contributed by atoms with Crippen LogP contribution in [0.4, 0.5) is 14.5 Å². The maximum Gasteiger partial charge on any atom is 0.149 e. The second kappa shape index (κ2) is 6.76. The van der Waals surface area contributed by atoms with E-state index in [1.807, 2.05) is 29.2 Å². The fourth-order valence-electron chi connectivity index (χ4n) is 2.83. The van der Waals surface area contributed by atoms with Crippen molar-refractivity contribution in [2.24, 2.45) is 0 Å². The molecule has 0 amide bonds. The van der Waals surface area contributed by atoms with Crippen LogP contribution in [0.25, 0.3) is 0 Å². The summed E-state index contributed by atoms with van der Waals surface area (Å²) in [4.78, 5) is 4.24. The van der Waals surface area contributed by atoms with Crippen molar-refractivity contribution in [3.05, 3.63) is 65.2 Å². The Morgan fingerprint density at radius 2 is 1.65 bits per heavy atom. The van der Waals surface area contributed by atoms with Crippen LogP contribution >= 0.6 is 0 Å². The molecular formula is C18H17F2N3. The summed E-state index contributed by atoms with van der Waals surface area (Å²) < 4.78 is 26.8. The highest BCUT2D eigenvalue weighted by Crippen LogP contribution is 2.22. The van der Waals surface area contributed by atoms with Crippen LogP contribution in [-0.4, -0.2) is 31.1 Å². The first-order chi connectivity index (χ1) is 11.2. The van der Waals surface area contributed by atoms with Gasteiger partial charge in [0.2, 0.25) is 0 Å². The predicted octanol–water partition coefficient (Wildman–Crippen LogP) is 3.16. The lowest BCUT2D eigenvalue weighted by atomic mass is 10.1. The summed E-state index contributed by atoms with van der Waals surface area (Å²) in [5.41, 5.74) is 2.28. The van der Waals surface area contributed by atoms with Gasteiger partial charge >= 0.3 is 0 Å². The quantitative estimate of drug-likeness (QED) is 0.872. The Hall–Kier alpha value is -2.45. The van der Waals surface area contributed by atoms with Crippen LogP contribution in [-0.2, 0) is 6.54 Å². The predicted molar refractivity (Wildman–Crippen MR) is 85.0 cm³/mol. The van der Waals surface area contributed by atoms with Crippen molar-refractivity contribution in [1.82, 2.24) is 4.90 Å². The topological polar surface area (TPSA) is 30.3 Å². The Bertz CT molecular complexity index is 714. The monoisotopic (exact) mass is 313 g/mol. The van der Waals surface area contributed by atoms with Crippen molar-refractivity contribution in [3.8, 4) is 6.07 Å². The minimum atomic E-state index is -0.550. The zero-order valence-corrected chi connectivity index (χ0v) is 12.7. The van der Waals surface area contributed by atoms with Gasteiger partial charge in [-0.3, -0.25) is 4.90 Å². The molecule has 118 valence electrons. The van der Waals surface area contributed by atoms with E-state index in [2.05, 4.69) is 11.0 Å². The molecule has 0 unspecified atom stereocenters. The zero-order valence-electron chi connectivity index (χ0n) is 12.7. The lowest BCUT2D eigenvalue weighted by Gasteiger charge is -2.36. The average molecular weight is 313 g/mol. The maximum absolute atomic E-state index is 13.8. The molecule has 1 aliphatic heterocycles. The third-order valence-corrected chi connectivity index (χ3v) is 4.11. The molecule has 23 heavy (non-hydrogen) atoms. The second-order valence-corrected chi connectivity index (χ2v) is 5.67. The van der Waals surface area contributed by atoms with Gasteiger partial charge in [0.05, 0.1) is 17.3 Å². The normalized spacial score (nSPS) is 15.4. The second-order valence-electron chi connectivity index (χ2n) is 5.67. The molecule has 1 aliphatic rings. The number of piperazine rings is 1. The molecule has 2 aromatic carbocycles. The summed E-state index contributed by atoms with van der Waals surface area (Å²) in [6.07, 6.45) is 0. The highest BCUT2D eigenvalue weighted by molar-refractivity contribution is 5.48. The van der Waals surface area contributed by atoms with E-state index in [-0.39, 0.29) is 0 Å². The smallest absolute Gasteiger partial charge is 0.149 e. The number of benzene rings is 2. The molecule has 0 atom stereocenters. The van der Waals surface area contributed by atoms with E-state index < -0.39 is 11.6 Å². The zero-order chi connectivity index (χ0) is 16.2. The van der Waals surface area contributed by atoms with Crippen LogP contribution in [0.2, 0.25) is 0 Å². The SMILES string of the molecule is N#Cc1ccc(CN2CCN(c3ccc(F)cc3F)CC2)cc1. The van der Waals surface area contributed by atoms with Gasteiger partial charge in [0.25, 0.3) is 0 Å². The fraction of sp³-hybridized carbons (Fsp3) is 0.278. The average Bonchev–Trinajstić information content (AvgIpc) is 2.57. The molecule has 0 aromatic heterocycles. The Morgan fingerprint density at radius 3 is 2.26 bits per heavy atom. The molecular weight excluding hydrogens is 296 g/mol. The third-order valence-electron chi connectivity index (χ3n) is 4.11. The van der Waals surface area contributed by atoms with E-state index in [1.54, 1.807) is 0 Å². The van der Waals surface area contributed by atoms with Crippen LogP contribution in [0.3, 0.4) is 0 Å². The largest absolute Gasteiger partial charge is 0.367 e. The van der Waals surface area contributed by atoms with Gasteiger partial charge in [-0.15, -0.1) is 0 Å². The van der Waals surface area contributed by atoms with Crippen LogP contribution in [0, 0.1) is 23.0 Å². The molecule has 3 nitrogen and oxygen atoms in total. The van der Waals surface area contributed by atoms with Crippen molar-refractivity contribution in [3.63, 3.8) is 0 Å². The molecule has 1 saturated heterocycles. The number of hydrogen-bond donors (Lipinski definition) is 0. The highest BCUT2D eigenvalue weighted by atomic mass is 19.1. The fourth-order valence-corrected chi connectivity index (χ4v) is 2.83. The van der Waals surface area contributed by atoms with E-state index in [0.29, 0.717) is 24.3 Å². The lowest BCUT2D eigenvalue weighted by Crippen LogP contribution is -2.46. The third kappa shape index (κ3) is 3.66. The van der Waals surface area contributed by atoms with Crippen LogP contribution in [0.5, 0.6) is 0 Å². The first-order valence-electron chi connectivity index (χ1n) is 7.57. The summed E-state index contributed by atoms with van der Waals surface area (Å²) in [6, 6.07) is 13.4. The van der Waals surface area contributed by atoms with Gasteiger partial charge in [-0.05, 0) is 29.8 Å². The van der Waals surface area contributed by atoms with Gasteiger partial charge in [0.1, 0.15) is 11.6 Å². The number of anilines is 1. The maximum atomic E-state index is 13.8. The minimum absolute atomic E-state index is 0.462. The Morgan fingerprint density at radius 1 is 0.957 bits per heavy atom. The molecule has 0 N–H and O–H groups in total. The number of hydrogen-bond acceptors (Lipinski definition) is 3. The standard InChI is InChI=1S/C18H17F2N3/c19-16-5-6-18(17(20)11-16)23-9-7-22(8-10-23)13-15-3-1-14(12-21)2-4-15/h1-6,11H,7-10,13H2. The van der Waals surface area contributed by atoms with E-state index in [0.717, 1.165) is 31.3 Å². The molecule has 0 spiro atoms. The van der Waals surface area contributed by atoms with Gasteiger partial charge in [-0.2, -0.15) is 5.26 Å². The first kappa shape index (κ1) is 15.4. The minimum Gasteiger partial charge on any atom is -0.367 e. The van der Waals surface area contributed by atoms with Crippen molar-refractivity contribution in [2.45, 2.75) is 6.54 Å². The van der Waals surface area contributed by atoms with Gasteiger partial charge in [-0.1, -0.05) is 12.1 Å². The first-order valence-corrected chi connectivity index (χ1v) is 7.57. The molecule has 2 aromatic rings. The molecule has 0 saturated carbocycles. The molecule has 1 fully saturated rings. The summed E-state index contributed by atoms with van der Waals surface area (Å²) >= 11 is 0. The summed E-state index contributed by atoms with van der Waals surface area (Å²) in [5.74, 6) is -1.06. The lowest BCUT2D eigenvalue weighted by molar-refractivity contribution is 0.249. The Kier molecular flexibility index (Phi) is 4.54. The Labute approximate surface area is 134 Å². The van der Waals surface area contributed by atoms with Crippen molar-refractivity contribution >= 4 is 5.69 Å². The van der Waals surface area contributed by atoms with Crippen LogP contribution in [0.15, 0.2) is 42.5 Å². The number of nitriles is 1. The van der Waals surface area contributed by atoms with Gasteiger partial charge in [0.15, 0.2) is 0 Å². The van der Waals surface area contributed by atoms with Gasteiger partial charge < -0.3 is 4.90 Å². The number of rotatable bonds is 3. The molecule has 3 rings (SSSR count). The van der Waals surface area contributed by atoms with Crippen molar-refractivity contribution in [2.75, 3.05) is 31.1 Å². The Balaban J connectivity index is 1.58.